The first kappa shape index (κ1) is 18.7. The fraction of sp³-hybridized carbons (Fsp3) is 0.250. The molecule has 0 spiro atoms. The molecule has 140 valence electrons. The van der Waals surface area contributed by atoms with Gasteiger partial charge in [-0.1, -0.05) is 17.9 Å². The Kier molecular flexibility index (Phi) is 5.33. The molecule has 0 saturated heterocycles. The van der Waals surface area contributed by atoms with Crippen molar-refractivity contribution < 1.29 is 19.7 Å². The van der Waals surface area contributed by atoms with Gasteiger partial charge in [0.2, 0.25) is 0 Å². The second-order valence-corrected chi connectivity index (χ2v) is 6.23. The summed E-state index contributed by atoms with van der Waals surface area (Å²) in [6.45, 7) is 1.49. The Labute approximate surface area is 156 Å². The summed E-state index contributed by atoms with van der Waals surface area (Å²) in [6, 6.07) is 6.18. The minimum atomic E-state index is -1.19. The van der Waals surface area contributed by atoms with Gasteiger partial charge in [0, 0.05) is 17.3 Å². The van der Waals surface area contributed by atoms with Crippen molar-refractivity contribution in [2.75, 3.05) is 12.4 Å². The van der Waals surface area contributed by atoms with E-state index in [1.165, 1.54) is 6.92 Å². The zero-order chi connectivity index (χ0) is 19.6. The number of rotatable bonds is 4. The van der Waals surface area contributed by atoms with Crippen molar-refractivity contribution in [1.82, 2.24) is 4.98 Å². The van der Waals surface area contributed by atoms with Crippen molar-refractivity contribution >= 4 is 23.2 Å². The summed E-state index contributed by atoms with van der Waals surface area (Å²) >= 11 is 0. The number of hydrogen-bond acceptors (Lipinski definition) is 5. The second-order valence-electron chi connectivity index (χ2n) is 6.23. The lowest BCUT2D eigenvalue weighted by Gasteiger charge is -2.16. The van der Waals surface area contributed by atoms with E-state index in [1.54, 1.807) is 43.6 Å². The molecule has 1 aromatic heterocycles. The number of carbonyl (C=O) groups excluding carboxylic acids is 1. The zero-order valence-electron chi connectivity index (χ0n) is 15.0. The zero-order valence-corrected chi connectivity index (χ0v) is 15.0. The predicted molar refractivity (Wildman–Crippen MR) is 103 cm³/mol. The Morgan fingerprint density at radius 1 is 1.30 bits per heavy atom. The molecule has 1 aromatic carbocycles. The van der Waals surface area contributed by atoms with E-state index in [4.69, 9.17) is 10.5 Å². The molecule has 0 fully saturated rings. The SMILES string of the molecule is COc1cc[nH]c1/C=C1\C(=O)Nc2cccc(C#CC(O)[C@@H](N)[C@@H](C)O)c21. The number of anilines is 1. The first-order valence-electron chi connectivity index (χ1n) is 8.43. The molecule has 2 aromatic rings. The number of hydrogen-bond donors (Lipinski definition) is 5. The Hall–Kier alpha value is -3.05. The van der Waals surface area contributed by atoms with E-state index in [2.05, 4.69) is 22.1 Å². The minimum absolute atomic E-state index is 0.253. The van der Waals surface area contributed by atoms with E-state index in [0.29, 0.717) is 33.8 Å². The Balaban J connectivity index is 2.03. The number of aliphatic hydroxyl groups is 2. The molecule has 2 heterocycles. The summed E-state index contributed by atoms with van der Waals surface area (Å²) in [5, 5.41) is 22.3. The van der Waals surface area contributed by atoms with Crippen LogP contribution in [0.3, 0.4) is 0 Å². The number of aliphatic hydroxyl groups excluding tert-OH is 2. The lowest BCUT2D eigenvalue weighted by molar-refractivity contribution is -0.110. The maximum Gasteiger partial charge on any atom is 0.256 e. The number of nitrogens with two attached hydrogens (primary N) is 1. The van der Waals surface area contributed by atoms with Crippen molar-refractivity contribution in [2.24, 2.45) is 5.73 Å². The molecular weight excluding hydrogens is 346 g/mol. The molecule has 1 amide bonds. The first-order valence-corrected chi connectivity index (χ1v) is 8.43. The standard InChI is InChI=1S/C20H21N3O4/c1-11(24)19(21)16(25)7-6-12-4-3-5-14-18(12)13(20(26)23-14)10-15-17(27-2)8-9-22-15/h3-5,8-11,16,19,22,24-25H,21H2,1-2H3,(H,23,26)/b13-10-/t11-,16?,19+/m1/s1. The molecule has 27 heavy (non-hydrogen) atoms. The van der Waals surface area contributed by atoms with E-state index in [0.717, 1.165) is 0 Å². The van der Waals surface area contributed by atoms with Crippen molar-refractivity contribution in [3.05, 3.63) is 47.3 Å². The van der Waals surface area contributed by atoms with Crippen molar-refractivity contribution in [3.8, 4) is 17.6 Å². The molecule has 0 radical (unpaired) electrons. The highest BCUT2D eigenvalue weighted by Crippen LogP contribution is 2.36. The van der Waals surface area contributed by atoms with Crippen molar-refractivity contribution in [1.29, 1.82) is 0 Å². The third-order valence-electron chi connectivity index (χ3n) is 4.35. The lowest BCUT2D eigenvalue weighted by atomic mass is 9.99. The average molecular weight is 367 g/mol. The van der Waals surface area contributed by atoms with E-state index < -0.39 is 18.2 Å². The van der Waals surface area contributed by atoms with Crippen LogP contribution in [0.1, 0.15) is 23.7 Å². The fourth-order valence-electron chi connectivity index (χ4n) is 2.81. The van der Waals surface area contributed by atoms with Crippen LogP contribution < -0.4 is 15.8 Å². The molecule has 1 aliphatic rings. The summed E-state index contributed by atoms with van der Waals surface area (Å²) in [7, 11) is 1.55. The number of aromatic amines is 1. The van der Waals surface area contributed by atoms with Gasteiger partial charge in [0.05, 0.1) is 36.2 Å². The maximum absolute atomic E-state index is 12.5. The number of amides is 1. The van der Waals surface area contributed by atoms with Crippen molar-refractivity contribution in [2.45, 2.75) is 25.2 Å². The summed E-state index contributed by atoms with van der Waals surface area (Å²) in [4.78, 5) is 15.5. The summed E-state index contributed by atoms with van der Waals surface area (Å²) in [5.41, 5.74) is 8.66. The van der Waals surface area contributed by atoms with E-state index in [1.807, 2.05) is 0 Å². The van der Waals surface area contributed by atoms with Gasteiger partial charge >= 0.3 is 0 Å². The molecule has 6 N–H and O–H groups in total. The van der Waals surface area contributed by atoms with E-state index >= 15 is 0 Å². The van der Waals surface area contributed by atoms with Gasteiger partial charge in [-0.25, -0.2) is 0 Å². The van der Waals surface area contributed by atoms with Crippen LogP contribution in [-0.2, 0) is 4.79 Å². The molecule has 1 aliphatic heterocycles. The van der Waals surface area contributed by atoms with Crippen LogP contribution in [0, 0.1) is 11.8 Å². The van der Waals surface area contributed by atoms with Gasteiger partial charge in [0.25, 0.3) is 5.91 Å². The monoisotopic (exact) mass is 367 g/mol. The normalized spacial score (nSPS) is 17.5. The molecule has 0 aliphatic carbocycles. The number of benzene rings is 1. The summed E-state index contributed by atoms with van der Waals surface area (Å²) < 4.78 is 5.27. The topological polar surface area (TPSA) is 121 Å². The van der Waals surface area contributed by atoms with Crippen LogP contribution in [-0.4, -0.2) is 46.5 Å². The Morgan fingerprint density at radius 2 is 2.07 bits per heavy atom. The highest BCUT2D eigenvalue weighted by atomic mass is 16.5. The maximum atomic E-state index is 12.5. The predicted octanol–water partition coefficient (Wildman–Crippen LogP) is 0.937. The molecule has 7 nitrogen and oxygen atoms in total. The van der Waals surface area contributed by atoms with Gasteiger partial charge in [-0.05, 0) is 31.2 Å². The number of aromatic nitrogens is 1. The van der Waals surface area contributed by atoms with Crippen LogP contribution >= 0.6 is 0 Å². The first-order chi connectivity index (χ1) is 12.9. The van der Waals surface area contributed by atoms with Gasteiger partial charge in [0.1, 0.15) is 11.9 Å². The Bertz CT molecular complexity index is 950. The van der Waals surface area contributed by atoms with Crippen LogP contribution in [0.25, 0.3) is 11.6 Å². The van der Waals surface area contributed by atoms with Gasteiger partial charge in [-0.3, -0.25) is 4.79 Å². The van der Waals surface area contributed by atoms with E-state index in [-0.39, 0.29) is 5.91 Å². The van der Waals surface area contributed by atoms with Gasteiger partial charge in [0.15, 0.2) is 0 Å². The van der Waals surface area contributed by atoms with Crippen LogP contribution in [0.5, 0.6) is 5.75 Å². The lowest BCUT2D eigenvalue weighted by Crippen LogP contribution is -2.42. The quantitative estimate of drug-likeness (QED) is 0.407. The van der Waals surface area contributed by atoms with Gasteiger partial charge in [-0.15, -0.1) is 0 Å². The number of H-pyrrole nitrogens is 1. The second kappa shape index (κ2) is 7.68. The highest BCUT2D eigenvalue weighted by Gasteiger charge is 2.27. The summed E-state index contributed by atoms with van der Waals surface area (Å²) in [6.07, 6.45) is 1.33. The minimum Gasteiger partial charge on any atom is -0.495 e. The van der Waals surface area contributed by atoms with Gasteiger partial charge in [-0.2, -0.15) is 0 Å². The molecule has 1 unspecified atom stereocenters. The number of nitrogens with one attached hydrogen (secondary N) is 2. The molecule has 0 bridgehead atoms. The van der Waals surface area contributed by atoms with E-state index in [9.17, 15) is 15.0 Å². The van der Waals surface area contributed by atoms with Crippen molar-refractivity contribution in [3.63, 3.8) is 0 Å². The molecular formula is C20H21N3O4. The van der Waals surface area contributed by atoms with Crippen LogP contribution in [0.4, 0.5) is 5.69 Å². The number of methoxy groups -OCH3 is 1. The fourth-order valence-corrected chi connectivity index (χ4v) is 2.81. The third kappa shape index (κ3) is 3.73. The van der Waals surface area contributed by atoms with Gasteiger partial charge < -0.3 is 31.0 Å². The average Bonchev–Trinajstić information content (AvgIpc) is 3.23. The molecule has 3 atom stereocenters. The van der Waals surface area contributed by atoms with Crippen LogP contribution in [0.15, 0.2) is 30.5 Å². The smallest absolute Gasteiger partial charge is 0.256 e. The molecule has 3 rings (SSSR count). The number of fused-ring (bicyclic) bond motifs is 1. The number of ether oxygens (including phenoxy) is 1. The number of carbonyl (C=O) groups is 1. The Morgan fingerprint density at radius 3 is 2.78 bits per heavy atom. The molecule has 7 heteroatoms. The van der Waals surface area contributed by atoms with Crippen LogP contribution in [0.2, 0.25) is 0 Å². The largest absolute Gasteiger partial charge is 0.495 e. The third-order valence-corrected chi connectivity index (χ3v) is 4.35. The highest BCUT2D eigenvalue weighted by molar-refractivity contribution is 6.35. The molecule has 0 saturated carbocycles. The summed E-state index contributed by atoms with van der Waals surface area (Å²) in [5.74, 6) is 5.89.